The highest BCUT2D eigenvalue weighted by atomic mass is 32.2. The van der Waals surface area contributed by atoms with Gasteiger partial charge in [-0.3, -0.25) is 4.79 Å². The molecule has 0 bridgehead atoms. The number of morpholine rings is 1. The van der Waals surface area contributed by atoms with Crippen molar-refractivity contribution in [1.29, 1.82) is 0 Å². The number of nitrogens with zero attached hydrogens (tertiary/aromatic N) is 1. The van der Waals surface area contributed by atoms with E-state index in [2.05, 4.69) is 10.3 Å². The zero-order valence-electron chi connectivity index (χ0n) is 16.1. The van der Waals surface area contributed by atoms with E-state index in [1.165, 1.54) is 4.31 Å². The van der Waals surface area contributed by atoms with Crippen molar-refractivity contribution in [1.82, 2.24) is 14.6 Å². The average molecular weight is 413 g/mol. The number of aryl methyl sites for hydroxylation is 1. The topological polar surface area (TPSA) is 91.5 Å². The molecule has 1 aliphatic heterocycles. The van der Waals surface area contributed by atoms with Gasteiger partial charge in [0.15, 0.2) is 0 Å². The average Bonchev–Trinajstić information content (AvgIpc) is 3.08. The van der Waals surface area contributed by atoms with Crippen molar-refractivity contribution in [3.05, 3.63) is 65.4 Å². The Morgan fingerprint density at radius 2 is 1.79 bits per heavy atom. The molecule has 29 heavy (non-hydrogen) atoms. The number of rotatable bonds is 5. The van der Waals surface area contributed by atoms with E-state index in [0.717, 1.165) is 22.2 Å². The summed E-state index contributed by atoms with van der Waals surface area (Å²) in [6, 6.07) is 14.3. The van der Waals surface area contributed by atoms with Gasteiger partial charge in [-0.25, -0.2) is 8.42 Å². The second-order valence-electron chi connectivity index (χ2n) is 7.01. The van der Waals surface area contributed by atoms with Gasteiger partial charge in [-0.1, -0.05) is 30.3 Å². The first-order chi connectivity index (χ1) is 14.0. The van der Waals surface area contributed by atoms with Gasteiger partial charge in [0.25, 0.3) is 5.91 Å². The molecule has 7 nitrogen and oxygen atoms in total. The fourth-order valence-corrected chi connectivity index (χ4v) is 4.96. The summed E-state index contributed by atoms with van der Waals surface area (Å²) in [7, 11) is -3.51. The number of para-hydroxylation sites is 1. The fraction of sp³-hybridized carbons (Fsp3) is 0.286. The zero-order valence-corrected chi connectivity index (χ0v) is 17.0. The summed E-state index contributed by atoms with van der Waals surface area (Å²) < 4.78 is 32.0. The number of benzene rings is 2. The highest BCUT2D eigenvalue weighted by Crippen LogP contribution is 2.22. The maximum absolute atomic E-state index is 12.7. The normalized spacial score (nSPS) is 15.5. The molecule has 1 aromatic heterocycles. The molecule has 1 saturated heterocycles. The minimum absolute atomic E-state index is 0.162. The number of amides is 1. The number of aromatic amines is 1. The summed E-state index contributed by atoms with van der Waals surface area (Å²) in [5.41, 5.74) is 3.20. The van der Waals surface area contributed by atoms with Gasteiger partial charge in [-0.05, 0) is 30.7 Å². The third-order valence-corrected chi connectivity index (χ3v) is 7.02. The molecular weight excluding hydrogens is 390 g/mol. The summed E-state index contributed by atoms with van der Waals surface area (Å²) in [6.07, 6.45) is 0. The molecule has 8 heteroatoms. The van der Waals surface area contributed by atoms with Crippen molar-refractivity contribution in [3.8, 4) is 0 Å². The van der Waals surface area contributed by atoms with Crippen LogP contribution in [0.25, 0.3) is 10.9 Å². The molecule has 2 N–H and O–H groups in total. The molecule has 0 saturated carbocycles. The Hall–Kier alpha value is -2.68. The number of hydrogen-bond donors (Lipinski definition) is 2. The molecule has 2 heterocycles. The smallest absolute Gasteiger partial charge is 0.253 e. The molecule has 0 unspecified atom stereocenters. The van der Waals surface area contributed by atoms with Crippen LogP contribution in [-0.4, -0.2) is 49.9 Å². The number of carbonyl (C=O) groups excluding carboxylic acids is 1. The van der Waals surface area contributed by atoms with Crippen LogP contribution < -0.4 is 5.32 Å². The lowest BCUT2D eigenvalue weighted by atomic mass is 10.1. The van der Waals surface area contributed by atoms with Crippen molar-refractivity contribution >= 4 is 26.8 Å². The zero-order chi connectivity index (χ0) is 20.4. The summed E-state index contributed by atoms with van der Waals surface area (Å²) in [6.45, 7) is 3.75. The first kappa shape index (κ1) is 19.6. The van der Waals surface area contributed by atoms with Crippen molar-refractivity contribution in [2.75, 3.05) is 26.3 Å². The van der Waals surface area contributed by atoms with Crippen LogP contribution in [0, 0.1) is 6.92 Å². The van der Waals surface area contributed by atoms with Crippen molar-refractivity contribution in [2.24, 2.45) is 0 Å². The highest BCUT2D eigenvalue weighted by Gasteiger charge is 2.26. The molecule has 152 valence electrons. The Morgan fingerprint density at radius 3 is 2.52 bits per heavy atom. The maximum Gasteiger partial charge on any atom is 0.253 e. The molecule has 3 aromatic rings. The fourth-order valence-electron chi connectivity index (χ4n) is 3.56. The number of ether oxygens (including phenoxy) is 1. The van der Waals surface area contributed by atoms with Crippen LogP contribution in [0.4, 0.5) is 0 Å². The van der Waals surface area contributed by atoms with Crippen LogP contribution in [0.15, 0.2) is 53.4 Å². The Morgan fingerprint density at radius 1 is 1.10 bits per heavy atom. The quantitative estimate of drug-likeness (QED) is 0.672. The molecule has 0 aliphatic carbocycles. The van der Waals surface area contributed by atoms with E-state index < -0.39 is 10.0 Å². The Labute approximate surface area is 169 Å². The summed E-state index contributed by atoms with van der Waals surface area (Å²) >= 11 is 0. The van der Waals surface area contributed by atoms with Crippen LogP contribution >= 0.6 is 0 Å². The highest BCUT2D eigenvalue weighted by molar-refractivity contribution is 7.89. The van der Waals surface area contributed by atoms with E-state index in [1.54, 1.807) is 24.3 Å². The Balaban J connectivity index is 1.45. The predicted molar refractivity (Wildman–Crippen MR) is 110 cm³/mol. The molecule has 1 aliphatic rings. The van der Waals surface area contributed by atoms with Gasteiger partial charge in [0, 0.05) is 36.2 Å². The largest absolute Gasteiger partial charge is 0.379 e. The van der Waals surface area contributed by atoms with Gasteiger partial charge >= 0.3 is 0 Å². The number of aromatic nitrogens is 1. The number of sulfonamides is 1. The molecule has 1 fully saturated rings. The number of nitrogens with one attached hydrogen (secondary N) is 2. The second-order valence-corrected chi connectivity index (χ2v) is 8.95. The second kappa shape index (κ2) is 7.98. The molecule has 0 radical (unpaired) electrons. The first-order valence-electron chi connectivity index (χ1n) is 9.49. The maximum atomic E-state index is 12.7. The van der Waals surface area contributed by atoms with Gasteiger partial charge < -0.3 is 15.0 Å². The van der Waals surface area contributed by atoms with Crippen molar-refractivity contribution < 1.29 is 17.9 Å². The standard InChI is InChI=1S/C21H23N3O4S/c1-15-20(18-4-2-3-5-19(18)23-15)21(25)22-14-16-6-8-17(9-7-16)29(26,27)24-10-12-28-13-11-24/h2-9,23H,10-14H2,1H3,(H,22,25). The van der Waals surface area contributed by atoms with E-state index in [0.29, 0.717) is 38.4 Å². The number of hydrogen-bond acceptors (Lipinski definition) is 4. The van der Waals surface area contributed by atoms with E-state index in [4.69, 9.17) is 4.74 Å². The Bertz CT molecular complexity index is 1130. The van der Waals surface area contributed by atoms with Crippen LogP contribution in [0.5, 0.6) is 0 Å². The van der Waals surface area contributed by atoms with Gasteiger partial charge in [-0.15, -0.1) is 0 Å². The first-order valence-corrected chi connectivity index (χ1v) is 10.9. The summed E-state index contributed by atoms with van der Waals surface area (Å²) in [4.78, 5) is 16.2. The lowest BCUT2D eigenvalue weighted by Crippen LogP contribution is -2.40. The number of carbonyl (C=O) groups is 1. The summed E-state index contributed by atoms with van der Waals surface area (Å²) in [5.74, 6) is -0.162. The van der Waals surface area contributed by atoms with Gasteiger partial charge in [0.05, 0.1) is 23.7 Å². The lowest BCUT2D eigenvalue weighted by Gasteiger charge is -2.26. The summed E-state index contributed by atoms with van der Waals surface area (Å²) in [5, 5.41) is 3.80. The SMILES string of the molecule is Cc1[nH]c2ccccc2c1C(=O)NCc1ccc(S(=O)(=O)N2CCOCC2)cc1. The van der Waals surface area contributed by atoms with E-state index in [9.17, 15) is 13.2 Å². The van der Waals surface area contributed by atoms with Crippen LogP contribution in [0.1, 0.15) is 21.6 Å². The van der Waals surface area contributed by atoms with E-state index >= 15 is 0 Å². The van der Waals surface area contributed by atoms with Gasteiger partial charge in [0.2, 0.25) is 10.0 Å². The molecule has 1 amide bonds. The molecule has 4 rings (SSSR count). The lowest BCUT2D eigenvalue weighted by molar-refractivity contribution is 0.0730. The van der Waals surface area contributed by atoms with E-state index in [-0.39, 0.29) is 10.8 Å². The number of H-pyrrole nitrogens is 1. The number of fused-ring (bicyclic) bond motifs is 1. The molecule has 0 atom stereocenters. The Kier molecular flexibility index (Phi) is 5.40. The van der Waals surface area contributed by atoms with Gasteiger partial charge in [-0.2, -0.15) is 4.31 Å². The molecular formula is C21H23N3O4S. The van der Waals surface area contributed by atoms with Crippen LogP contribution in [0.3, 0.4) is 0 Å². The van der Waals surface area contributed by atoms with Crippen LogP contribution in [0.2, 0.25) is 0 Å². The van der Waals surface area contributed by atoms with Crippen molar-refractivity contribution in [3.63, 3.8) is 0 Å². The third kappa shape index (κ3) is 3.91. The minimum atomic E-state index is -3.51. The van der Waals surface area contributed by atoms with Gasteiger partial charge in [0.1, 0.15) is 0 Å². The monoisotopic (exact) mass is 413 g/mol. The molecule has 0 spiro atoms. The third-order valence-electron chi connectivity index (χ3n) is 5.10. The minimum Gasteiger partial charge on any atom is -0.379 e. The predicted octanol–water partition coefficient (Wildman–Crippen LogP) is 2.43. The molecule has 2 aromatic carbocycles. The van der Waals surface area contributed by atoms with E-state index in [1.807, 2.05) is 31.2 Å². The van der Waals surface area contributed by atoms with Crippen LogP contribution in [-0.2, 0) is 21.3 Å². The van der Waals surface area contributed by atoms with Crippen molar-refractivity contribution in [2.45, 2.75) is 18.4 Å².